The molecule has 5 fully saturated rings. The first-order valence-corrected chi connectivity index (χ1v) is 21.5. The van der Waals surface area contributed by atoms with Crippen LogP contribution in [-0.2, 0) is 20.7 Å². The molecule has 0 radical (unpaired) electrons. The van der Waals surface area contributed by atoms with Gasteiger partial charge in [-0.3, -0.25) is 9.59 Å². The van der Waals surface area contributed by atoms with Crippen LogP contribution in [0.5, 0.6) is 0 Å². The molecule has 6 rings (SSSR count). The third-order valence-corrected chi connectivity index (χ3v) is 17.0. The summed E-state index contributed by atoms with van der Waals surface area (Å²) in [4.78, 5) is 26.6. The highest BCUT2D eigenvalue weighted by Crippen LogP contribution is 2.77. The Morgan fingerprint density at radius 3 is 2.13 bits per heavy atom. The summed E-state index contributed by atoms with van der Waals surface area (Å²) in [6.45, 7) is 21.9. The number of rotatable bonds is 15. The van der Waals surface area contributed by atoms with Crippen LogP contribution in [0.2, 0.25) is 0 Å². The number of amides is 1. The average molecular weight is 720 g/mol. The number of carbonyl (C=O) groups excluding carboxylic acids is 2. The van der Waals surface area contributed by atoms with Crippen LogP contribution in [0.25, 0.3) is 0 Å². The van der Waals surface area contributed by atoms with E-state index in [0.717, 1.165) is 70.2 Å². The highest BCUT2D eigenvalue weighted by molar-refractivity contribution is 5.84. The number of aryl methyl sites for hydroxylation is 1. The van der Waals surface area contributed by atoms with Crippen molar-refractivity contribution in [3.63, 3.8) is 0 Å². The van der Waals surface area contributed by atoms with Gasteiger partial charge in [-0.1, -0.05) is 96.9 Å². The van der Waals surface area contributed by atoms with Gasteiger partial charge in [0.05, 0.1) is 5.41 Å². The molecule has 52 heavy (non-hydrogen) atoms. The highest BCUT2D eigenvalue weighted by atomic mass is 16.5. The zero-order valence-electron chi connectivity index (χ0n) is 34.1. The minimum absolute atomic E-state index is 0.0126. The van der Waals surface area contributed by atoms with Crippen molar-refractivity contribution in [2.45, 2.75) is 183 Å². The first-order valence-electron chi connectivity index (χ1n) is 21.5. The van der Waals surface area contributed by atoms with Crippen LogP contribution in [0.1, 0.15) is 176 Å². The number of hydrogen-bond acceptors (Lipinski definition) is 6. The fourth-order valence-corrected chi connectivity index (χ4v) is 14.2. The molecule has 5 aliphatic rings. The number of esters is 1. The molecule has 8 heteroatoms. The Kier molecular flexibility index (Phi) is 11.7. The second-order valence-corrected chi connectivity index (χ2v) is 19.8. The molecular formula is C44H73N5O3. The maximum atomic E-state index is 14.5. The monoisotopic (exact) mass is 720 g/mol. The van der Waals surface area contributed by atoms with Crippen molar-refractivity contribution < 1.29 is 14.3 Å². The molecule has 0 saturated heterocycles. The molecule has 5 aliphatic carbocycles. The van der Waals surface area contributed by atoms with E-state index in [-0.39, 0.29) is 39.1 Å². The number of unbranched alkanes of at least 4 members (excludes halogenated alkanes) is 8. The largest absolute Gasteiger partial charge is 0.462 e. The first-order chi connectivity index (χ1) is 24.7. The third kappa shape index (κ3) is 6.93. The van der Waals surface area contributed by atoms with Gasteiger partial charge in [-0.2, -0.15) is 5.21 Å². The van der Waals surface area contributed by atoms with Crippen LogP contribution >= 0.6 is 0 Å². The number of H-pyrrole nitrogens is 1. The molecule has 1 aromatic rings. The molecule has 10 atom stereocenters. The summed E-state index contributed by atoms with van der Waals surface area (Å²) < 4.78 is 5.97. The van der Waals surface area contributed by atoms with Gasteiger partial charge in [0.25, 0.3) is 0 Å². The van der Waals surface area contributed by atoms with E-state index >= 15 is 0 Å². The number of aromatic nitrogens is 4. The second-order valence-electron chi connectivity index (χ2n) is 19.8. The van der Waals surface area contributed by atoms with E-state index in [1.54, 1.807) is 6.92 Å². The standard InChI is InChI=1S/C44H73N5O3/c1-30(2)32-21-26-44(39(51)45-29-17-15-13-11-9-10-12-14-16-18-37-46-48-49-47-37)28-27-42(7)33(38(32)44)19-20-35-41(6)24-23-36(52-31(3)50)40(4,5)34(41)22-25-43(35,42)8/h32-36,38H,1,9-29H2,2-8H3,(H,45,51)(H,46,47,48,49)/t32-,33+,34-,35?,36-,38+,41-,42+,43+,44-/m0/s1. The minimum Gasteiger partial charge on any atom is -0.462 e. The predicted octanol–water partition coefficient (Wildman–Crippen LogP) is 9.96. The number of carbonyl (C=O) groups is 2. The van der Waals surface area contributed by atoms with Gasteiger partial charge >= 0.3 is 5.97 Å². The molecule has 8 nitrogen and oxygen atoms in total. The Morgan fingerprint density at radius 1 is 0.788 bits per heavy atom. The molecule has 0 aromatic carbocycles. The zero-order valence-corrected chi connectivity index (χ0v) is 34.1. The van der Waals surface area contributed by atoms with Crippen molar-refractivity contribution in [3.8, 4) is 0 Å². The molecule has 1 heterocycles. The number of nitrogens with zero attached hydrogens (tertiary/aromatic N) is 3. The maximum Gasteiger partial charge on any atom is 0.302 e. The Bertz CT molecular complexity index is 1410. The van der Waals surface area contributed by atoms with Crippen LogP contribution in [0.15, 0.2) is 12.2 Å². The number of aromatic amines is 1. The molecule has 0 aliphatic heterocycles. The first kappa shape index (κ1) is 39.4. The van der Waals surface area contributed by atoms with E-state index in [1.165, 1.54) is 76.2 Å². The van der Waals surface area contributed by atoms with Crippen molar-refractivity contribution in [2.24, 2.45) is 56.7 Å². The molecule has 1 unspecified atom stereocenters. The third-order valence-electron chi connectivity index (χ3n) is 17.0. The molecule has 1 amide bonds. The van der Waals surface area contributed by atoms with Crippen molar-refractivity contribution in [3.05, 3.63) is 18.0 Å². The lowest BCUT2D eigenvalue weighted by atomic mass is 9.32. The van der Waals surface area contributed by atoms with Crippen molar-refractivity contribution in [1.29, 1.82) is 0 Å². The predicted molar refractivity (Wildman–Crippen MR) is 207 cm³/mol. The quantitative estimate of drug-likeness (QED) is 0.106. The fourth-order valence-electron chi connectivity index (χ4n) is 14.2. The lowest BCUT2D eigenvalue weighted by molar-refractivity contribution is -0.248. The number of allylic oxidation sites excluding steroid dienone is 1. The van der Waals surface area contributed by atoms with Crippen molar-refractivity contribution in [1.82, 2.24) is 25.9 Å². The van der Waals surface area contributed by atoms with Gasteiger partial charge in [0, 0.05) is 25.3 Å². The lowest BCUT2D eigenvalue weighted by Crippen LogP contribution is -2.67. The van der Waals surface area contributed by atoms with E-state index in [1.807, 2.05) is 0 Å². The molecule has 292 valence electrons. The topological polar surface area (TPSA) is 110 Å². The van der Waals surface area contributed by atoms with E-state index in [9.17, 15) is 9.59 Å². The summed E-state index contributed by atoms with van der Waals surface area (Å²) >= 11 is 0. The van der Waals surface area contributed by atoms with Crippen LogP contribution in [0.3, 0.4) is 0 Å². The number of fused-ring (bicyclic) bond motifs is 7. The molecule has 2 N–H and O–H groups in total. The number of ether oxygens (including phenoxy) is 1. The van der Waals surface area contributed by atoms with E-state index in [2.05, 4.69) is 74.1 Å². The van der Waals surface area contributed by atoms with Crippen molar-refractivity contribution >= 4 is 11.9 Å². The molecule has 1 aromatic heterocycles. The summed E-state index contributed by atoms with van der Waals surface area (Å²) in [6, 6.07) is 0. The highest BCUT2D eigenvalue weighted by Gasteiger charge is 2.72. The number of nitrogens with one attached hydrogen (secondary N) is 2. The van der Waals surface area contributed by atoms with Crippen LogP contribution in [-0.4, -0.2) is 45.1 Å². The summed E-state index contributed by atoms with van der Waals surface area (Å²) in [5, 5.41) is 17.8. The van der Waals surface area contributed by atoms with Crippen LogP contribution in [0, 0.1) is 56.7 Å². The number of tetrazole rings is 1. The molecule has 0 bridgehead atoms. The molecule has 5 saturated carbocycles. The maximum absolute atomic E-state index is 14.5. The van der Waals surface area contributed by atoms with E-state index in [4.69, 9.17) is 4.74 Å². The smallest absolute Gasteiger partial charge is 0.302 e. The second kappa shape index (κ2) is 15.5. The number of hydrogen-bond donors (Lipinski definition) is 2. The van der Waals surface area contributed by atoms with Gasteiger partial charge in [0.1, 0.15) is 6.10 Å². The molecule has 0 spiro atoms. The van der Waals surface area contributed by atoms with Gasteiger partial charge in [-0.25, -0.2) is 0 Å². The van der Waals surface area contributed by atoms with Gasteiger partial charge in [0.15, 0.2) is 5.82 Å². The van der Waals surface area contributed by atoms with Crippen LogP contribution in [0.4, 0.5) is 0 Å². The Hall–Kier alpha value is -2.25. The van der Waals surface area contributed by atoms with Gasteiger partial charge in [-0.05, 0) is 130 Å². The van der Waals surface area contributed by atoms with Gasteiger partial charge in [0.2, 0.25) is 5.91 Å². The Balaban J connectivity index is 1.05. The summed E-state index contributed by atoms with van der Waals surface area (Å²) in [7, 11) is 0. The Labute approximate surface area is 315 Å². The lowest BCUT2D eigenvalue weighted by Gasteiger charge is -2.72. The normalized spacial score (nSPS) is 39.1. The van der Waals surface area contributed by atoms with Crippen molar-refractivity contribution in [2.75, 3.05) is 6.54 Å². The summed E-state index contributed by atoms with van der Waals surface area (Å²) in [5.41, 5.74) is 1.72. The fraction of sp³-hybridized carbons (Fsp3) is 0.886. The van der Waals surface area contributed by atoms with Gasteiger partial charge < -0.3 is 10.1 Å². The molecular weight excluding hydrogens is 647 g/mol. The van der Waals surface area contributed by atoms with Gasteiger partial charge in [-0.15, -0.1) is 10.2 Å². The average Bonchev–Trinajstić information content (AvgIpc) is 3.76. The van der Waals surface area contributed by atoms with Crippen LogP contribution < -0.4 is 5.32 Å². The summed E-state index contributed by atoms with van der Waals surface area (Å²) in [6.07, 6.45) is 23.4. The Morgan fingerprint density at radius 2 is 1.48 bits per heavy atom. The summed E-state index contributed by atoms with van der Waals surface area (Å²) in [5.74, 6) is 3.66. The minimum atomic E-state index is -0.244. The van der Waals surface area contributed by atoms with E-state index in [0.29, 0.717) is 35.5 Å². The van der Waals surface area contributed by atoms with E-state index < -0.39 is 0 Å². The zero-order chi connectivity index (χ0) is 37.4. The SMILES string of the molecule is C=C(C)[C@@H]1CC[C@]2(C(=O)NCCCCCCCCCCCc3nn[nH]n3)CC[C@]3(C)[C@H](CCC4[C@@]5(C)CC[C@H](OC(C)=O)C(C)(C)[C@@H]5CC[C@]43C)[C@@H]12.